The van der Waals surface area contributed by atoms with Crippen LogP contribution in [0.5, 0.6) is 0 Å². The molecular formula is C18H16ClN3O4. The fourth-order valence-corrected chi connectivity index (χ4v) is 2.59. The predicted molar refractivity (Wildman–Crippen MR) is 97.1 cm³/mol. The average Bonchev–Trinajstić information content (AvgIpc) is 3.46. The third-order valence-electron chi connectivity index (χ3n) is 4.02. The topological polar surface area (TPSA) is 101 Å². The van der Waals surface area contributed by atoms with Crippen LogP contribution in [0, 0.1) is 16.0 Å². The molecule has 0 saturated heterocycles. The molecule has 2 N–H and O–H groups in total. The summed E-state index contributed by atoms with van der Waals surface area (Å²) < 4.78 is 0. The predicted octanol–water partition coefficient (Wildman–Crippen LogP) is 3.53. The zero-order chi connectivity index (χ0) is 18.7. The van der Waals surface area contributed by atoms with Gasteiger partial charge in [-0.15, -0.1) is 0 Å². The molecule has 0 radical (unpaired) electrons. The lowest BCUT2D eigenvalue weighted by Crippen LogP contribution is -2.23. The third-order valence-corrected chi connectivity index (χ3v) is 4.26. The molecule has 0 bridgehead atoms. The molecule has 26 heavy (non-hydrogen) atoms. The van der Waals surface area contributed by atoms with E-state index in [1.54, 1.807) is 24.3 Å². The maximum Gasteiger partial charge on any atom is 0.283 e. The number of nitrogens with one attached hydrogen (secondary N) is 2. The van der Waals surface area contributed by atoms with Crippen LogP contribution in [0.1, 0.15) is 28.8 Å². The van der Waals surface area contributed by atoms with Gasteiger partial charge in [-0.3, -0.25) is 19.7 Å². The van der Waals surface area contributed by atoms with Crippen molar-refractivity contribution in [2.24, 2.45) is 5.92 Å². The van der Waals surface area contributed by atoms with E-state index in [2.05, 4.69) is 10.6 Å². The van der Waals surface area contributed by atoms with E-state index in [-0.39, 0.29) is 34.6 Å². The minimum absolute atomic E-state index is 0.0288. The van der Waals surface area contributed by atoms with E-state index in [1.807, 2.05) is 0 Å². The van der Waals surface area contributed by atoms with Gasteiger partial charge in [0.1, 0.15) is 5.56 Å². The van der Waals surface area contributed by atoms with Gasteiger partial charge in [0.2, 0.25) is 5.91 Å². The highest BCUT2D eigenvalue weighted by Crippen LogP contribution is 2.30. The molecule has 0 unspecified atom stereocenters. The number of carbonyl (C=O) groups is 2. The van der Waals surface area contributed by atoms with Crippen LogP contribution >= 0.6 is 11.6 Å². The van der Waals surface area contributed by atoms with Crippen LogP contribution in [-0.4, -0.2) is 16.7 Å². The molecule has 2 amide bonds. The molecule has 134 valence electrons. The third kappa shape index (κ3) is 4.37. The maximum absolute atomic E-state index is 12.2. The van der Waals surface area contributed by atoms with Crippen molar-refractivity contribution in [1.29, 1.82) is 0 Å². The largest absolute Gasteiger partial charge is 0.348 e. The van der Waals surface area contributed by atoms with Gasteiger partial charge in [0.25, 0.3) is 11.6 Å². The van der Waals surface area contributed by atoms with Crippen LogP contribution in [0.3, 0.4) is 0 Å². The summed E-state index contributed by atoms with van der Waals surface area (Å²) >= 11 is 5.75. The second-order valence-electron chi connectivity index (χ2n) is 6.06. The highest BCUT2D eigenvalue weighted by molar-refractivity contribution is 6.31. The molecule has 7 nitrogen and oxygen atoms in total. The van der Waals surface area contributed by atoms with Gasteiger partial charge in [-0.2, -0.15) is 0 Å². The summed E-state index contributed by atoms with van der Waals surface area (Å²) in [7, 11) is 0. The Hall–Kier alpha value is -2.93. The quantitative estimate of drug-likeness (QED) is 0.597. The molecule has 0 aromatic heterocycles. The molecular weight excluding hydrogens is 358 g/mol. The molecule has 0 atom stereocenters. The van der Waals surface area contributed by atoms with Gasteiger partial charge in [-0.25, -0.2) is 0 Å². The van der Waals surface area contributed by atoms with E-state index in [0.29, 0.717) is 5.69 Å². The molecule has 0 heterocycles. The minimum atomic E-state index is -0.641. The van der Waals surface area contributed by atoms with Crippen molar-refractivity contribution >= 4 is 34.8 Å². The molecule has 2 aromatic carbocycles. The summed E-state index contributed by atoms with van der Waals surface area (Å²) in [5, 5.41) is 16.7. The Morgan fingerprint density at radius 2 is 1.85 bits per heavy atom. The lowest BCUT2D eigenvalue weighted by molar-refractivity contribution is -0.385. The Morgan fingerprint density at radius 1 is 1.15 bits per heavy atom. The van der Waals surface area contributed by atoms with Crippen molar-refractivity contribution in [1.82, 2.24) is 5.32 Å². The summed E-state index contributed by atoms with van der Waals surface area (Å²) in [5.41, 5.74) is 1.12. The highest BCUT2D eigenvalue weighted by Gasteiger charge is 2.29. The summed E-state index contributed by atoms with van der Waals surface area (Å²) in [5.74, 6) is -0.398. The standard InChI is InChI=1S/C18H16ClN3O4/c19-13-5-8-15(16(9-13)22(25)26)18(24)20-10-11-1-6-14(7-2-11)21-17(23)12-3-4-12/h1-2,5-9,12H,3-4,10H2,(H,20,24)(H,21,23). The Balaban J connectivity index is 1.61. The molecule has 1 aliphatic carbocycles. The lowest BCUT2D eigenvalue weighted by atomic mass is 10.1. The second kappa shape index (κ2) is 7.53. The van der Waals surface area contributed by atoms with Gasteiger partial charge in [-0.1, -0.05) is 23.7 Å². The zero-order valence-electron chi connectivity index (χ0n) is 13.7. The first kappa shape index (κ1) is 17.9. The van der Waals surface area contributed by atoms with Crippen LogP contribution in [0.25, 0.3) is 0 Å². The number of halogens is 1. The number of hydrogen-bond donors (Lipinski definition) is 2. The number of benzene rings is 2. The van der Waals surface area contributed by atoms with Crippen molar-refractivity contribution in [2.45, 2.75) is 19.4 Å². The van der Waals surface area contributed by atoms with E-state index >= 15 is 0 Å². The number of hydrogen-bond acceptors (Lipinski definition) is 4. The van der Waals surface area contributed by atoms with Crippen LogP contribution in [0.15, 0.2) is 42.5 Å². The summed E-state index contributed by atoms with van der Waals surface area (Å²) in [6.45, 7) is 0.204. The number of anilines is 1. The Labute approximate surface area is 154 Å². The van der Waals surface area contributed by atoms with Gasteiger partial charge >= 0.3 is 0 Å². The summed E-state index contributed by atoms with van der Waals surface area (Å²) in [6, 6.07) is 11.0. The molecule has 0 spiro atoms. The van der Waals surface area contributed by atoms with Crippen molar-refractivity contribution in [3.63, 3.8) is 0 Å². The molecule has 1 saturated carbocycles. The molecule has 3 rings (SSSR count). The number of carbonyl (C=O) groups excluding carboxylic acids is 2. The van der Waals surface area contributed by atoms with Gasteiger partial charge in [0.15, 0.2) is 0 Å². The smallest absolute Gasteiger partial charge is 0.283 e. The fraction of sp³-hybridized carbons (Fsp3) is 0.222. The minimum Gasteiger partial charge on any atom is -0.348 e. The van der Waals surface area contributed by atoms with Crippen LogP contribution < -0.4 is 10.6 Å². The summed E-state index contributed by atoms with van der Waals surface area (Å²) in [6.07, 6.45) is 1.87. The highest BCUT2D eigenvalue weighted by atomic mass is 35.5. The molecule has 2 aromatic rings. The number of nitro benzene ring substituents is 1. The van der Waals surface area contributed by atoms with E-state index in [4.69, 9.17) is 11.6 Å². The van der Waals surface area contributed by atoms with Crippen molar-refractivity contribution in [2.75, 3.05) is 5.32 Å². The van der Waals surface area contributed by atoms with E-state index < -0.39 is 10.8 Å². The molecule has 0 aliphatic heterocycles. The first-order valence-electron chi connectivity index (χ1n) is 8.06. The first-order chi connectivity index (χ1) is 12.4. The van der Waals surface area contributed by atoms with E-state index in [1.165, 1.54) is 12.1 Å². The lowest BCUT2D eigenvalue weighted by Gasteiger charge is -2.08. The first-order valence-corrected chi connectivity index (χ1v) is 8.44. The molecule has 8 heteroatoms. The van der Waals surface area contributed by atoms with E-state index in [0.717, 1.165) is 24.5 Å². The number of nitro groups is 1. The normalized spacial score (nSPS) is 13.1. The maximum atomic E-state index is 12.2. The Morgan fingerprint density at radius 3 is 2.46 bits per heavy atom. The number of rotatable bonds is 6. The van der Waals surface area contributed by atoms with Crippen LogP contribution in [-0.2, 0) is 11.3 Å². The number of nitrogens with zero attached hydrogens (tertiary/aromatic N) is 1. The van der Waals surface area contributed by atoms with Gasteiger partial charge in [-0.05, 0) is 42.7 Å². The van der Waals surface area contributed by atoms with Gasteiger partial charge in [0.05, 0.1) is 4.92 Å². The SMILES string of the molecule is O=C(NCc1ccc(NC(=O)C2CC2)cc1)c1ccc(Cl)cc1[N+](=O)[O-]. The number of amides is 2. The monoisotopic (exact) mass is 373 g/mol. The van der Waals surface area contributed by atoms with Crippen molar-refractivity contribution < 1.29 is 14.5 Å². The van der Waals surface area contributed by atoms with E-state index in [9.17, 15) is 19.7 Å². The Bertz CT molecular complexity index is 863. The van der Waals surface area contributed by atoms with Gasteiger partial charge < -0.3 is 10.6 Å². The van der Waals surface area contributed by atoms with Crippen molar-refractivity contribution in [3.05, 3.63) is 68.7 Å². The molecule has 1 fully saturated rings. The van der Waals surface area contributed by atoms with Crippen molar-refractivity contribution in [3.8, 4) is 0 Å². The van der Waals surface area contributed by atoms with Crippen LogP contribution in [0.2, 0.25) is 5.02 Å². The average molecular weight is 374 g/mol. The second-order valence-corrected chi connectivity index (χ2v) is 6.50. The van der Waals surface area contributed by atoms with Crippen LogP contribution in [0.4, 0.5) is 11.4 Å². The molecule has 1 aliphatic rings. The zero-order valence-corrected chi connectivity index (χ0v) is 14.5. The van der Waals surface area contributed by atoms with Gasteiger partial charge in [0, 0.05) is 29.2 Å². The Kier molecular flexibility index (Phi) is 5.18. The fourth-order valence-electron chi connectivity index (χ4n) is 2.42. The summed E-state index contributed by atoms with van der Waals surface area (Å²) in [4.78, 5) is 34.4.